The Balaban J connectivity index is 3.34. The molecule has 3 heteroatoms. The fourth-order valence-electron chi connectivity index (χ4n) is 0.652. The van der Waals surface area contributed by atoms with E-state index in [1.165, 1.54) is 6.92 Å². The van der Waals surface area contributed by atoms with Gasteiger partial charge in [0.15, 0.2) is 0 Å². The number of rotatable bonds is 4. The highest BCUT2D eigenvalue weighted by atomic mass is 16.5. The molecule has 0 unspecified atom stereocenters. The zero-order chi connectivity index (χ0) is 7.98. The van der Waals surface area contributed by atoms with Gasteiger partial charge in [0, 0.05) is 20.6 Å². The lowest BCUT2D eigenvalue weighted by molar-refractivity contribution is -0.119. The van der Waals surface area contributed by atoms with Crippen LogP contribution < -0.4 is 5.32 Å². The van der Waals surface area contributed by atoms with Crippen LogP contribution in [0.4, 0.5) is 0 Å². The van der Waals surface area contributed by atoms with Crippen LogP contribution in [0.25, 0.3) is 0 Å². The van der Waals surface area contributed by atoms with E-state index in [1.54, 1.807) is 7.11 Å². The smallest absolute Gasteiger partial charge is 0.216 e. The van der Waals surface area contributed by atoms with E-state index in [9.17, 15) is 4.79 Å². The molecule has 0 fully saturated rings. The summed E-state index contributed by atoms with van der Waals surface area (Å²) in [6.07, 6.45) is 1.08. The number of methoxy groups -OCH3 is 1. The lowest BCUT2D eigenvalue weighted by atomic mass is 10.3. The summed E-state index contributed by atoms with van der Waals surface area (Å²) >= 11 is 0. The standard InChI is InChI=1S/C7H15NO2/c1-4-7(10-3)5-8-6(2)9/h7H,4-5H2,1-3H3,(H,8,9)/t7-/m1/s1. The molecule has 10 heavy (non-hydrogen) atoms. The maximum absolute atomic E-state index is 10.4. The zero-order valence-corrected chi connectivity index (χ0v) is 6.81. The Hall–Kier alpha value is -0.570. The van der Waals surface area contributed by atoms with E-state index in [0.717, 1.165) is 6.42 Å². The summed E-state index contributed by atoms with van der Waals surface area (Å²) in [7, 11) is 1.65. The average Bonchev–Trinajstić information content (AvgIpc) is 1.90. The van der Waals surface area contributed by atoms with Crippen LogP contribution in [0.1, 0.15) is 20.3 Å². The highest BCUT2D eigenvalue weighted by molar-refractivity contribution is 5.72. The summed E-state index contributed by atoms with van der Waals surface area (Å²) in [5.41, 5.74) is 0. The predicted molar refractivity (Wildman–Crippen MR) is 39.8 cm³/mol. The van der Waals surface area contributed by atoms with Gasteiger partial charge in [0.1, 0.15) is 0 Å². The van der Waals surface area contributed by atoms with Crippen molar-refractivity contribution < 1.29 is 9.53 Å². The highest BCUT2D eigenvalue weighted by Crippen LogP contribution is 1.92. The summed E-state index contributed by atoms with van der Waals surface area (Å²) < 4.78 is 5.04. The molecule has 0 aromatic carbocycles. The molecule has 0 aliphatic carbocycles. The van der Waals surface area contributed by atoms with Gasteiger partial charge in [0.05, 0.1) is 6.10 Å². The minimum absolute atomic E-state index is 0.00417. The number of nitrogens with one attached hydrogen (secondary N) is 1. The number of carbonyl (C=O) groups is 1. The molecule has 0 radical (unpaired) electrons. The van der Waals surface area contributed by atoms with E-state index in [4.69, 9.17) is 4.74 Å². The second kappa shape index (κ2) is 5.23. The topological polar surface area (TPSA) is 38.3 Å². The minimum atomic E-state index is -0.00417. The maximum Gasteiger partial charge on any atom is 0.216 e. The average molecular weight is 145 g/mol. The molecule has 0 bridgehead atoms. The van der Waals surface area contributed by atoms with E-state index in [-0.39, 0.29) is 12.0 Å². The van der Waals surface area contributed by atoms with Crippen molar-refractivity contribution in [3.05, 3.63) is 0 Å². The van der Waals surface area contributed by atoms with Crippen molar-refractivity contribution in [3.63, 3.8) is 0 Å². The molecule has 1 atom stereocenters. The van der Waals surface area contributed by atoms with Crippen molar-refractivity contribution >= 4 is 5.91 Å². The fourth-order valence-corrected chi connectivity index (χ4v) is 0.652. The molecule has 0 rings (SSSR count). The van der Waals surface area contributed by atoms with Crippen LogP contribution in [0.5, 0.6) is 0 Å². The first-order chi connectivity index (χ1) is 4.70. The molecule has 0 aromatic heterocycles. The van der Waals surface area contributed by atoms with Crippen molar-refractivity contribution in [1.82, 2.24) is 5.32 Å². The quantitative estimate of drug-likeness (QED) is 0.627. The molecule has 0 aliphatic rings. The van der Waals surface area contributed by atoms with E-state index in [1.807, 2.05) is 6.92 Å². The summed E-state index contributed by atoms with van der Waals surface area (Å²) in [5.74, 6) is -0.00417. The third kappa shape index (κ3) is 4.32. The molecular weight excluding hydrogens is 130 g/mol. The third-order valence-corrected chi connectivity index (χ3v) is 1.37. The van der Waals surface area contributed by atoms with Gasteiger partial charge in [-0.25, -0.2) is 0 Å². The largest absolute Gasteiger partial charge is 0.380 e. The Morgan fingerprint density at radius 3 is 2.60 bits per heavy atom. The molecule has 0 saturated heterocycles. The molecule has 0 saturated carbocycles. The molecule has 60 valence electrons. The van der Waals surface area contributed by atoms with E-state index >= 15 is 0 Å². The first-order valence-electron chi connectivity index (χ1n) is 3.48. The van der Waals surface area contributed by atoms with Gasteiger partial charge in [-0.2, -0.15) is 0 Å². The zero-order valence-electron chi connectivity index (χ0n) is 6.81. The first-order valence-corrected chi connectivity index (χ1v) is 3.48. The minimum Gasteiger partial charge on any atom is -0.380 e. The normalized spacial score (nSPS) is 12.7. The number of carbonyl (C=O) groups excluding carboxylic acids is 1. The van der Waals surface area contributed by atoms with Gasteiger partial charge in [0.2, 0.25) is 5.91 Å². The second-order valence-corrected chi connectivity index (χ2v) is 2.20. The molecular formula is C7H15NO2. The lowest BCUT2D eigenvalue weighted by Crippen LogP contribution is -2.30. The summed E-state index contributed by atoms with van der Waals surface area (Å²) in [5, 5.41) is 2.68. The van der Waals surface area contributed by atoms with Crippen LogP contribution in [0.2, 0.25) is 0 Å². The van der Waals surface area contributed by atoms with Crippen LogP contribution in [-0.2, 0) is 9.53 Å². The Kier molecular flexibility index (Phi) is 4.94. The Morgan fingerprint density at radius 1 is 1.70 bits per heavy atom. The van der Waals surface area contributed by atoms with Gasteiger partial charge in [0.25, 0.3) is 0 Å². The number of hydrogen-bond acceptors (Lipinski definition) is 2. The summed E-state index contributed by atoms with van der Waals surface area (Å²) in [6.45, 7) is 4.14. The van der Waals surface area contributed by atoms with E-state index in [2.05, 4.69) is 5.32 Å². The second-order valence-electron chi connectivity index (χ2n) is 2.20. The Labute approximate surface area is 61.8 Å². The number of hydrogen-bond donors (Lipinski definition) is 1. The highest BCUT2D eigenvalue weighted by Gasteiger charge is 2.02. The summed E-state index contributed by atoms with van der Waals surface area (Å²) in [6, 6.07) is 0. The molecule has 3 nitrogen and oxygen atoms in total. The lowest BCUT2D eigenvalue weighted by Gasteiger charge is -2.12. The Bertz CT molecular complexity index is 99.8. The number of ether oxygens (including phenoxy) is 1. The number of amides is 1. The van der Waals surface area contributed by atoms with Gasteiger partial charge < -0.3 is 10.1 Å². The molecule has 0 aromatic rings. The first kappa shape index (κ1) is 9.43. The van der Waals surface area contributed by atoms with Gasteiger partial charge in [-0.1, -0.05) is 6.92 Å². The van der Waals surface area contributed by atoms with Gasteiger partial charge in [-0.05, 0) is 6.42 Å². The molecule has 0 spiro atoms. The van der Waals surface area contributed by atoms with E-state index in [0.29, 0.717) is 6.54 Å². The van der Waals surface area contributed by atoms with Gasteiger partial charge in [-0.3, -0.25) is 4.79 Å². The van der Waals surface area contributed by atoms with Crippen molar-refractivity contribution in [2.24, 2.45) is 0 Å². The van der Waals surface area contributed by atoms with Crippen molar-refractivity contribution in [3.8, 4) is 0 Å². The van der Waals surface area contributed by atoms with Gasteiger partial charge in [-0.15, -0.1) is 0 Å². The van der Waals surface area contributed by atoms with Crippen LogP contribution in [0.15, 0.2) is 0 Å². The fraction of sp³-hybridized carbons (Fsp3) is 0.857. The van der Waals surface area contributed by atoms with E-state index < -0.39 is 0 Å². The third-order valence-electron chi connectivity index (χ3n) is 1.37. The van der Waals surface area contributed by atoms with Crippen molar-refractivity contribution in [2.75, 3.05) is 13.7 Å². The predicted octanol–water partition coefficient (Wildman–Crippen LogP) is 0.548. The molecule has 1 N–H and O–H groups in total. The molecule has 1 amide bonds. The monoisotopic (exact) mass is 145 g/mol. The van der Waals surface area contributed by atoms with Crippen LogP contribution in [0.3, 0.4) is 0 Å². The van der Waals surface area contributed by atoms with Gasteiger partial charge >= 0.3 is 0 Å². The van der Waals surface area contributed by atoms with Crippen molar-refractivity contribution in [1.29, 1.82) is 0 Å². The van der Waals surface area contributed by atoms with Crippen LogP contribution in [-0.4, -0.2) is 25.7 Å². The molecule has 0 aliphatic heterocycles. The molecule has 0 heterocycles. The maximum atomic E-state index is 10.4. The Morgan fingerprint density at radius 2 is 2.30 bits per heavy atom. The van der Waals surface area contributed by atoms with Crippen molar-refractivity contribution in [2.45, 2.75) is 26.4 Å². The summed E-state index contributed by atoms with van der Waals surface area (Å²) in [4.78, 5) is 10.4. The van der Waals surface area contributed by atoms with Crippen LogP contribution in [0, 0.1) is 0 Å². The SMILES string of the molecule is CC[C@H](CNC(C)=O)OC. The van der Waals surface area contributed by atoms with Crippen LogP contribution >= 0.6 is 0 Å².